The van der Waals surface area contributed by atoms with Crippen LogP contribution in [0.5, 0.6) is 0 Å². The van der Waals surface area contributed by atoms with Gasteiger partial charge in [0.25, 0.3) is 0 Å². The van der Waals surface area contributed by atoms with Gasteiger partial charge in [-0.05, 0) is 0 Å². The molecule has 0 unspecified atom stereocenters. The fourth-order valence-corrected chi connectivity index (χ4v) is 3.43. The molecule has 0 saturated heterocycles. The maximum absolute atomic E-state index is 11.4. The van der Waals surface area contributed by atoms with E-state index in [0.717, 1.165) is 11.0 Å². The summed E-state index contributed by atoms with van der Waals surface area (Å²) in [5, 5.41) is 11.0. The van der Waals surface area contributed by atoms with E-state index in [4.69, 9.17) is 61.9 Å². The number of halogens is 1. The van der Waals surface area contributed by atoms with Crippen molar-refractivity contribution >= 4 is 34.5 Å². The van der Waals surface area contributed by atoms with E-state index in [2.05, 4.69) is 32.6 Å². The van der Waals surface area contributed by atoms with Crippen molar-refractivity contribution in [3.63, 3.8) is 0 Å². The topological polar surface area (TPSA) is 186 Å². The third-order valence-corrected chi connectivity index (χ3v) is 5.78. The molecule has 0 atom stereocenters. The molecule has 18 heteroatoms. The van der Waals surface area contributed by atoms with Crippen LogP contribution in [0.25, 0.3) is 0 Å². The predicted molar refractivity (Wildman–Crippen MR) is 180 cm³/mol. The van der Waals surface area contributed by atoms with Crippen molar-refractivity contribution in [1.29, 1.82) is 0 Å². The first kappa shape index (κ1) is 47.1. The van der Waals surface area contributed by atoms with Crippen LogP contribution in [0.2, 0.25) is 0 Å². The first-order valence-electron chi connectivity index (χ1n) is 16.2. The molecule has 48 heavy (non-hydrogen) atoms. The lowest BCUT2D eigenvalue weighted by Crippen LogP contribution is -2.31. The minimum Gasteiger partial charge on any atom is -0.480 e. The molecular weight excluding hydrogens is 757 g/mol. The first-order chi connectivity index (χ1) is 23.7. The number of alkyl halides is 1. The second kappa shape index (κ2) is 42.3. The van der Waals surface area contributed by atoms with Crippen LogP contribution in [-0.4, -0.2) is 200 Å². The molecule has 17 nitrogen and oxygen atoms in total. The van der Waals surface area contributed by atoms with E-state index in [-0.39, 0.29) is 6.61 Å². The summed E-state index contributed by atoms with van der Waals surface area (Å²) in [5.41, 5.74) is 0. The second-order valence-electron chi connectivity index (χ2n) is 9.27. The summed E-state index contributed by atoms with van der Waals surface area (Å²) in [5.74, 6) is -1.52. The summed E-state index contributed by atoms with van der Waals surface area (Å²) in [7, 11) is 0. The quantitative estimate of drug-likeness (QED) is 0.0470. The number of aliphatic carboxylic acids is 1. The molecule has 0 fully saturated rings. The average Bonchev–Trinajstić information content (AvgIpc) is 3.07. The van der Waals surface area contributed by atoms with Crippen LogP contribution in [-0.2, 0) is 71.2 Å². The molecule has 0 aliphatic carbocycles. The number of carbonyl (C=O) groups excluding carboxylic acids is 1. The van der Waals surface area contributed by atoms with Gasteiger partial charge in [0, 0.05) is 11.0 Å². The molecule has 0 saturated carbocycles. The lowest BCUT2D eigenvalue weighted by atomic mass is 10.6. The van der Waals surface area contributed by atoms with Gasteiger partial charge in [0.15, 0.2) is 0 Å². The monoisotopic (exact) mass is 815 g/mol. The Morgan fingerprint density at radius 1 is 0.375 bits per heavy atom. The fourth-order valence-electron chi connectivity index (χ4n) is 3.12. The molecule has 2 N–H and O–H groups in total. The Balaban J connectivity index is 3.08. The SMILES string of the molecule is O=C(O)COCC(=O)NCCOCCOCCOCCOCCOCCOCCOCCOCCOCCOCCOCCOCCI. The zero-order valence-electron chi connectivity index (χ0n) is 28.2. The fraction of sp³-hybridized carbons (Fsp3) is 0.933. The van der Waals surface area contributed by atoms with Gasteiger partial charge in [0.05, 0.1) is 159 Å². The largest absolute Gasteiger partial charge is 0.480 e. The number of carbonyl (C=O) groups is 2. The van der Waals surface area contributed by atoms with Crippen LogP contribution < -0.4 is 5.32 Å². The highest BCUT2D eigenvalue weighted by molar-refractivity contribution is 14.1. The number of carboxylic acid groups (broad SMARTS) is 1. The number of hydrogen-bond donors (Lipinski definition) is 2. The van der Waals surface area contributed by atoms with E-state index in [1.807, 2.05) is 0 Å². The van der Waals surface area contributed by atoms with Crippen molar-refractivity contribution in [3.05, 3.63) is 0 Å². The van der Waals surface area contributed by atoms with E-state index < -0.39 is 18.5 Å². The highest BCUT2D eigenvalue weighted by Gasteiger charge is 2.03. The maximum Gasteiger partial charge on any atom is 0.329 e. The van der Waals surface area contributed by atoms with Crippen LogP contribution in [0.3, 0.4) is 0 Å². The number of nitrogens with one attached hydrogen (secondary N) is 1. The highest BCUT2D eigenvalue weighted by Crippen LogP contribution is 1.88. The molecule has 0 aliphatic heterocycles. The number of rotatable bonds is 42. The van der Waals surface area contributed by atoms with Crippen LogP contribution in [0, 0.1) is 0 Å². The Hall–Kier alpha value is -0.850. The highest BCUT2D eigenvalue weighted by atomic mass is 127. The van der Waals surface area contributed by atoms with Gasteiger partial charge in [-0.3, -0.25) is 4.79 Å². The van der Waals surface area contributed by atoms with E-state index in [1.165, 1.54) is 0 Å². The Morgan fingerprint density at radius 2 is 0.625 bits per heavy atom. The average molecular weight is 816 g/mol. The smallest absolute Gasteiger partial charge is 0.329 e. The van der Waals surface area contributed by atoms with Crippen molar-refractivity contribution in [2.24, 2.45) is 0 Å². The Morgan fingerprint density at radius 3 is 0.875 bits per heavy atom. The van der Waals surface area contributed by atoms with Gasteiger partial charge < -0.3 is 72.0 Å². The Kier molecular flexibility index (Phi) is 41.6. The first-order valence-corrected chi connectivity index (χ1v) is 17.7. The lowest BCUT2D eigenvalue weighted by molar-refractivity contribution is -0.143. The summed E-state index contributed by atoms with van der Waals surface area (Å²) in [4.78, 5) is 21.6. The Labute approximate surface area is 298 Å². The van der Waals surface area contributed by atoms with Crippen LogP contribution in [0.15, 0.2) is 0 Å². The molecule has 0 heterocycles. The lowest BCUT2D eigenvalue weighted by Gasteiger charge is -2.09. The summed E-state index contributed by atoms with van der Waals surface area (Å²) >= 11 is 2.27. The molecule has 0 aliphatic rings. The third-order valence-electron chi connectivity index (χ3n) is 5.34. The van der Waals surface area contributed by atoms with E-state index in [1.54, 1.807) is 0 Å². The molecular formula is C30H58INO16. The molecule has 0 aromatic heterocycles. The van der Waals surface area contributed by atoms with E-state index in [0.29, 0.717) is 159 Å². The van der Waals surface area contributed by atoms with Crippen molar-refractivity contribution in [2.75, 3.05) is 183 Å². The molecule has 0 radical (unpaired) electrons. The number of ether oxygens (including phenoxy) is 13. The van der Waals surface area contributed by atoms with Gasteiger partial charge in [-0.1, -0.05) is 22.6 Å². The minimum atomic E-state index is -1.12. The van der Waals surface area contributed by atoms with Crippen molar-refractivity contribution in [2.45, 2.75) is 0 Å². The van der Waals surface area contributed by atoms with Crippen molar-refractivity contribution in [3.8, 4) is 0 Å². The summed E-state index contributed by atoms with van der Waals surface area (Å²) in [6.07, 6.45) is 0. The van der Waals surface area contributed by atoms with Crippen LogP contribution >= 0.6 is 22.6 Å². The third kappa shape index (κ3) is 43.2. The molecule has 1 amide bonds. The Bertz CT molecular complexity index is 670. The maximum atomic E-state index is 11.4. The number of hydrogen-bond acceptors (Lipinski definition) is 15. The van der Waals surface area contributed by atoms with Gasteiger partial charge >= 0.3 is 5.97 Å². The summed E-state index contributed by atoms with van der Waals surface area (Å²) in [6, 6.07) is 0. The molecule has 0 bridgehead atoms. The molecule has 0 rings (SSSR count). The molecule has 0 aromatic carbocycles. The zero-order valence-corrected chi connectivity index (χ0v) is 30.4. The summed E-state index contributed by atoms with van der Waals surface area (Å²) < 4.78 is 70.7. The number of carboxylic acids is 1. The second-order valence-corrected chi connectivity index (χ2v) is 10.4. The van der Waals surface area contributed by atoms with Crippen LogP contribution in [0.4, 0.5) is 0 Å². The van der Waals surface area contributed by atoms with Gasteiger partial charge in [-0.15, -0.1) is 0 Å². The normalized spacial score (nSPS) is 11.4. The minimum absolute atomic E-state index is 0.300. The van der Waals surface area contributed by atoms with E-state index >= 15 is 0 Å². The van der Waals surface area contributed by atoms with Gasteiger partial charge in [0.2, 0.25) is 5.91 Å². The van der Waals surface area contributed by atoms with Gasteiger partial charge in [-0.25, -0.2) is 4.79 Å². The zero-order chi connectivity index (χ0) is 34.9. The van der Waals surface area contributed by atoms with Crippen LogP contribution in [0.1, 0.15) is 0 Å². The van der Waals surface area contributed by atoms with Gasteiger partial charge in [0.1, 0.15) is 13.2 Å². The van der Waals surface area contributed by atoms with E-state index in [9.17, 15) is 9.59 Å². The predicted octanol–water partition coefficient (Wildman–Crippen LogP) is -0.162. The van der Waals surface area contributed by atoms with Crippen molar-refractivity contribution < 1.29 is 76.3 Å². The van der Waals surface area contributed by atoms with Gasteiger partial charge in [-0.2, -0.15) is 0 Å². The standard InChI is InChI=1S/C30H58INO16/c31-1-3-36-5-7-38-9-11-40-13-15-42-17-19-44-21-23-46-25-26-47-24-22-45-20-18-43-16-14-41-12-10-39-8-6-37-4-2-32-29(33)27-48-28-30(34)35/h1-28H2,(H,32,33)(H,34,35). The molecule has 0 spiro atoms. The number of amides is 1. The van der Waals surface area contributed by atoms with Crippen molar-refractivity contribution in [1.82, 2.24) is 5.32 Å². The summed E-state index contributed by atoms with van der Waals surface area (Å²) in [6.45, 7) is 11.4. The molecule has 286 valence electrons. The molecule has 0 aromatic rings.